The molecule has 0 atom stereocenters. The molecular weight excluding hydrogens is 355 g/mol. The van der Waals surface area contributed by atoms with Crippen molar-refractivity contribution in [2.45, 2.75) is 33.7 Å². The molecule has 1 heterocycles. The topological polar surface area (TPSA) is 66.9 Å². The molecule has 0 aliphatic rings. The van der Waals surface area contributed by atoms with E-state index in [4.69, 9.17) is 0 Å². The van der Waals surface area contributed by atoms with Crippen molar-refractivity contribution in [2.75, 3.05) is 10.6 Å². The Balaban J connectivity index is 1.79. The van der Waals surface area contributed by atoms with Crippen LogP contribution in [0.4, 0.5) is 16.0 Å². The van der Waals surface area contributed by atoms with Crippen LogP contribution in [0.2, 0.25) is 0 Å². The van der Waals surface area contributed by atoms with Gasteiger partial charge in [0.05, 0.1) is 0 Å². The smallest absolute Gasteiger partial charge is 0.274 e. The minimum Gasteiger partial charge on any atom is -0.350 e. The Hall–Kier alpha value is -3.28. The van der Waals surface area contributed by atoms with Crippen LogP contribution in [-0.4, -0.2) is 15.9 Å². The van der Waals surface area contributed by atoms with Crippen molar-refractivity contribution in [3.05, 3.63) is 82.4 Å². The minimum absolute atomic E-state index is 0.231. The number of para-hydroxylation sites is 1. The molecule has 3 rings (SSSR count). The lowest BCUT2D eigenvalue weighted by Crippen LogP contribution is -2.17. The monoisotopic (exact) mass is 378 g/mol. The normalized spacial score (nSPS) is 10.6. The van der Waals surface area contributed by atoms with Crippen LogP contribution in [-0.2, 0) is 13.0 Å². The maximum absolute atomic E-state index is 13.8. The lowest BCUT2D eigenvalue weighted by molar-refractivity contribution is 0.102. The lowest BCUT2D eigenvalue weighted by atomic mass is 10.1. The van der Waals surface area contributed by atoms with Crippen molar-refractivity contribution in [1.82, 2.24) is 9.97 Å². The number of benzene rings is 2. The molecule has 3 aromatic rings. The number of anilines is 2. The number of hydrogen-bond acceptors (Lipinski definition) is 4. The average molecular weight is 378 g/mol. The molecule has 6 heteroatoms. The van der Waals surface area contributed by atoms with E-state index in [-0.39, 0.29) is 29.9 Å². The minimum atomic E-state index is -0.302. The van der Waals surface area contributed by atoms with Crippen molar-refractivity contribution in [1.29, 1.82) is 0 Å². The summed E-state index contributed by atoms with van der Waals surface area (Å²) in [6.07, 6.45) is 0.815. The predicted molar refractivity (Wildman–Crippen MR) is 109 cm³/mol. The Bertz CT molecular complexity index is 1000. The van der Waals surface area contributed by atoms with E-state index in [1.807, 2.05) is 32.0 Å². The van der Waals surface area contributed by atoms with Crippen LogP contribution < -0.4 is 10.6 Å². The number of amides is 1. The number of hydrogen-bond donors (Lipinski definition) is 2. The van der Waals surface area contributed by atoms with Crippen LogP contribution in [0.1, 0.15) is 39.8 Å². The molecular formula is C22H23FN4O. The van der Waals surface area contributed by atoms with E-state index in [9.17, 15) is 9.18 Å². The van der Waals surface area contributed by atoms with Crippen LogP contribution in [0.3, 0.4) is 0 Å². The maximum atomic E-state index is 13.8. The van der Waals surface area contributed by atoms with Gasteiger partial charge >= 0.3 is 0 Å². The number of carbonyl (C=O) groups excluding carboxylic acids is 1. The predicted octanol–water partition coefficient (Wildman–Crippen LogP) is 4.66. The molecule has 0 radical (unpaired) electrons. The third kappa shape index (κ3) is 4.52. The quantitative estimate of drug-likeness (QED) is 0.655. The highest BCUT2D eigenvalue weighted by Crippen LogP contribution is 2.22. The highest BCUT2D eigenvalue weighted by molar-refractivity contribution is 6.04. The van der Waals surface area contributed by atoms with Gasteiger partial charge in [0.2, 0.25) is 5.95 Å². The summed E-state index contributed by atoms with van der Waals surface area (Å²) in [7, 11) is 0. The molecule has 0 saturated heterocycles. The van der Waals surface area contributed by atoms with Crippen LogP contribution in [0.25, 0.3) is 0 Å². The Labute approximate surface area is 164 Å². The molecule has 1 amide bonds. The zero-order chi connectivity index (χ0) is 20.1. The van der Waals surface area contributed by atoms with Crippen molar-refractivity contribution in [3.63, 3.8) is 0 Å². The summed E-state index contributed by atoms with van der Waals surface area (Å²) in [5.41, 5.74) is 4.29. The van der Waals surface area contributed by atoms with E-state index in [0.29, 0.717) is 11.3 Å². The first-order valence-corrected chi connectivity index (χ1v) is 9.20. The fourth-order valence-electron chi connectivity index (χ4n) is 2.96. The second kappa shape index (κ2) is 8.61. The molecule has 5 nitrogen and oxygen atoms in total. The summed E-state index contributed by atoms with van der Waals surface area (Å²) in [5, 5.41) is 5.96. The van der Waals surface area contributed by atoms with E-state index in [1.165, 1.54) is 6.07 Å². The first-order valence-electron chi connectivity index (χ1n) is 9.20. The fraction of sp³-hybridized carbons (Fsp3) is 0.227. The zero-order valence-electron chi connectivity index (χ0n) is 16.2. The maximum Gasteiger partial charge on any atom is 0.274 e. The molecule has 2 N–H and O–H groups in total. The van der Waals surface area contributed by atoms with Gasteiger partial charge in [0.25, 0.3) is 5.91 Å². The molecule has 0 aliphatic carbocycles. The van der Waals surface area contributed by atoms with Gasteiger partial charge in [-0.3, -0.25) is 4.79 Å². The molecule has 144 valence electrons. The highest BCUT2D eigenvalue weighted by atomic mass is 19.1. The second-order valence-electron chi connectivity index (χ2n) is 6.58. The molecule has 2 aromatic carbocycles. The number of nitrogens with zero attached hydrogens (tertiary/aromatic N) is 2. The molecule has 0 unspecified atom stereocenters. The zero-order valence-corrected chi connectivity index (χ0v) is 16.2. The number of carbonyl (C=O) groups is 1. The largest absolute Gasteiger partial charge is 0.350 e. The van der Waals surface area contributed by atoms with Crippen molar-refractivity contribution >= 4 is 17.5 Å². The average Bonchev–Trinajstić information content (AvgIpc) is 2.68. The van der Waals surface area contributed by atoms with Crippen LogP contribution in [0.5, 0.6) is 0 Å². The summed E-state index contributed by atoms with van der Waals surface area (Å²) in [4.78, 5) is 21.4. The number of aromatic nitrogens is 2. The number of halogens is 1. The molecule has 0 fully saturated rings. The number of aryl methyl sites for hydroxylation is 3. The lowest BCUT2D eigenvalue weighted by Gasteiger charge is -2.13. The highest BCUT2D eigenvalue weighted by Gasteiger charge is 2.14. The third-order valence-corrected chi connectivity index (χ3v) is 4.46. The van der Waals surface area contributed by atoms with Gasteiger partial charge in [-0.05, 0) is 43.5 Å². The molecule has 0 bridgehead atoms. The van der Waals surface area contributed by atoms with Gasteiger partial charge in [0, 0.05) is 23.5 Å². The summed E-state index contributed by atoms with van der Waals surface area (Å²) < 4.78 is 13.8. The molecule has 0 spiro atoms. The van der Waals surface area contributed by atoms with Crippen LogP contribution >= 0.6 is 0 Å². The molecule has 1 aromatic heterocycles. The standard InChI is InChI=1S/C22H23FN4O/c1-4-16-10-7-8-14(2)20(16)27-21(28)19-12-15(3)25-22(26-19)24-13-17-9-5-6-11-18(17)23/h5-12H,4,13H2,1-3H3,(H,27,28)(H,24,25,26). The van der Waals surface area contributed by atoms with E-state index in [2.05, 4.69) is 20.6 Å². The van der Waals surface area contributed by atoms with Gasteiger partial charge in [0.1, 0.15) is 11.5 Å². The second-order valence-corrected chi connectivity index (χ2v) is 6.58. The SMILES string of the molecule is CCc1cccc(C)c1NC(=O)c1cc(C)nc(NCc2ccccc2F)n1. The fourth-order valence-corrected chi connectivity index (χ4v) is 2.96. The summed E-state index contributed by atoms with van der Waals surface area (Å²) in [6, 6.07) is 14.1. The van der Waals surface area contributed by atoms with Crippen molar-refractivity contribution in [2.24, 2.45) is 0 Å². The van der Waals surface area contributed by atoms with Gasteiger partial charge < -0.3 is 10.6 Å². The Morgan fingerprint density at radius 1 is 1.04 bits per heavy atom. The molecule has 28 heavy (non-hydrogen) atoms. The van der Waals surface area contributed by atoms with Crippen molar-refractivity contribution < 1.29 is 9.18 Å². The Kier molecular flexibility index (Phi) is 5.99. The summed E-state index contributed by atoms with van der Waals surface area (Å²) >= 11 is 0. The van der Waals surface area contributed by atoms with Gasteiger partial charge in [-0.1, -0.05) is 43.3 Å². The third-order valence-electron chi connectivity index (χ3n) is 4.46. The van der Waals surface area contributed by atoms with Crippen molar-refractivity contribution in [3.8, 4) is 0 Å². The Morgan fingerprint density at radius 2 is 1.79 bits per heavy atom. The van der Waals surface area contributed by atoms with Gasteiger partial charge in [-0.25, -0.2) is 14.4 Å². The summed E-state index contributed by atoms with van der Waals surface area (Å²) in [5.74, 6) is -0.315. The van der Waals surface area contributed by atoms with Gasteiger partial charge in [-0.2, -0.15) is 0 Å². The van der Waals surface area contributed by atoms with E-state index in [1.54, 1.807) is 31.2 Å². The summed E-state index contributed by atoms with van der Waals surface area (Å²) in [6.45, 7) is 6.03. The number of rotatable bonds is 6. The Morgan fingerprint density at radius 3 is 2.54 bits per heavy atom. The van der Waals surface area contributed by atoms with Gasteiger partial charge in [-0.15, -0.1) is 0 Å². The van der Waals surface area contributed by atoms with E-state index in [0.717, 1.165) is 23.2 Å². The van der Waals surface area contributed by atoms with Crippen LogP contribution in [0, 0.1) is 19.7 Å². The van der Waals surface area contributed by atoms with E-state index < -0.39 is 0 Å². The molecule has 0 aliphatic heterocycles. The van der Waals surface area contributed by atoms with E-state index >= 15 is 0 Å². The van der Waals surface area contributed by atoms with Crippen LogP contribution in [0.15, 0.2) is 48.5 Å². The molecule has 0 saturated carbocycles. The number of nitrogens with one attached hydrogen (secondary N) is 2. The first kappa shape index (κ1) is 19.5. The van der Waals surface area contributed by atoms with Gasteiger partial charge in [0.15, 0.2) is 0 Å². The first-order chi connectivity index (χ1) is 13.5.